The van der Waals surface area contributed by atoms with E-state index in [0.717, 1.165) is 50.8 Å². The van der Waals surface area contributed by atoms with Gasteiger partial charge in [0.15, 0.2) is 0 Å². The van der Waals surface area contributed by atoms with Crippen molar-refractivity contribution in [1.29, 1.82) is 0 Å². The van der Waals surface area contributed by atoms with E-state index in [4.69, 9.17) is 0 Å². The topological polar surface area (TPSA) is 53.5 Å². The average molecular weight is 313 g/mol. The van der Waals surface area contributed by atoms with E-state index in [2.05, 4.69) is 9.88 Å². The van der Waals surface area contributed by atoms with Crippen LogP contribution in [-0.2, 0) is 16.1 Å². The Kier molecular flexibility index (Phi) is 3.58. The Bertz CT molecular complexity index is 604. The van der Waals surface area contributed by atoms with E-state index in [0.29, 0.717) is 24.8 Å². The van der Waals surface area contributed by atoms with Crippen LogP contribution < -0.4 is 0 Å². The van der Waals surface area contributed by atoms with Gasteiger partial charge in [-0.3, -0.25) is 14.6 Å². The van der Waals surface area contributed by atoms with Crippen LogP contribution in [-0.4, -0.2) is 45.2 Å². The van der Waals surface area contributed by atoms with Crippen molar-refractivity contribution in [2.75, 3.05) is 13.1 Å². The number of nitrogens with zero attached hydrogens (tertiary/aromatic N) is 3. The second-order valence-corrected chi connectivity index (χ2v) is 7.16. The minimum absolute atomic E-state index is 0.0410. The molecule has 0 aromatic carbocycles. The lowest BCUT2D eigenvalue weighted by Gasteiger charge is -2.45. The summed E-state index contributed by atoms with van der Waals surface area (Å²) >= 11 is 0. The fourth-order valence-electron chi connectivity index (χ4n) is 4.05. The van der Waals surface area contributed by atoms with Gasteiger partial charge in [0.25, 0.3) is 0 Å². The quantitative estimate of drug-likeness (QED) is 0.857. The van der Waals surface area contributed by atoms with Gasteiger partial charge >= 0.3 is 0 Å². The Morgan fingerprint density at radius 1 is 1.17 bits per heavy atom. The van der Waals surface area contributed by atoms with Gasteiger partial charge in [0.1, 0.15) is 0 Å². The van der Waals surface area contributed by atoms with E-state index in [9.17, 15) is 9.59 Å². The summed E-state index contributed by atoms with van der Waals surface area (Å²) in [6.07, 6.45) is 9.09. The van der Waals surface area contributed by atoms with Crippen LogP contribution in [0.3, 0.4) is 0 Å². The summed E-state index contributed by atoms with van der Waals surface area (Å²) < 4.78 is 0. The Labute approximate surface area is 136 Å². The number of pyridine rings is 1. The van der Waals surface area contributed by atoms with Crippen LogP contribution in [0.4, 0.5) is 0 Å². The van der Waals surface area contributed by atoms with Gasteiger partial charge in [-0.2, -0.15) is 0 Å². The van der Waals surface area contributed by atoms with Crippen LogP contribution in [0.15, 0.2) is 24.5 Å². The molecule has 1 spiro atoms. The van der Waals surface area contributed by atoms with Crippen molar-refractivity contribution in [3.8, 4) is 0 Å². The van der Waals surface area contributed by atoms with Gasteiger partial charge in [-0.05, 0) is 49.8 Å². The molecule has 0 atom stereocenters. The third-order valence-electron chi connectivity index (χ3n) is 5.70. The van der Waals surface area contributed by atoms with Crippen LogP contribution >= 0.6 is 0 Å². The predicted octanol–water partition coefficient (Wildman–Crippen LogP) is 1.98. The lowest BCUT2D eigenvalue weighted by Crippen LogP contribution is -2.54. The molecular weight excluding hydrogens is 290 g/mol. The molecule has 3 fully saturated rings. The zero-order valence-electron chi connectivity index (χ0n) is 13.4. The third kappa shape index (κ3) is 2.73. The highest BCUT2D eigenvalue weighted by molar-refractivity contribution is 5.82. The molecular formula is C18H23N3O2. The largest absolute Gasteiger partial charge is 0.342 e. The Morgan fingerprint density at radius 3 is 2.52 bits per heavy atom. The molecule has 5 nitrogen and oxygen atoms in total. The Morgan fingerprint density at radius 2 is 1.87 bits per heavy atom. The van der Waals surface area contributed by atoms with Crippen LogP contribution in [0.5, 0.6) is 0 Å². The van der Waals surface area contributed by atoms with Crippen molar-refractivity contribution >= 4 is 11.8 Å². The van der Waals surface area contributed by atoms with Gasteiger partial charge < -0.3 is 9.80 Å². The highest BCUT2D eigenvalue weighted by Gasteiger charge is 2.48. The number of amides is 2. The van der Waals surface area contributed by atoms with Gasteiger partial charge in [-0.15, -0.1) is 0 Å². The monoisotopic (exact) mass is 313 g/mol. The number of likely N-dealkylation sites (tertiary alicyclic amines) is 2. The maximum absolute atomic E-state index is 12.4. The molecule has 1 aromatic rings. The summed E-state index contributed by atoms with van der Waals surface area (Å²) in [5, 5.41) is 0. The molecule has 3 aliphatic rings. The summed E-state index contributed by atoms with van der Waals surface area (Å²) in [5.74, 6) is 0.885. The number of carbonyl (C=O) groups excluding carboxylic acids is 2. The molecule has 2 aliphatic heterocycles. The van der Waals surface area contributed by atoms with E-state index in [1.807, 2.05) is 17.0 Å². The van der Waals surface area contributed by atoms with Crippen LogP contribution in [0.25, 0.3) is 0 Å². The van der Waals surface area contributed by atoms with Crippen LogP contribution in [0.2, 0.25) is 0 Å². The van der Waals surface area contributed by atoms with Crippen molar-refractivity contribution in [2.45, 2.75) is 50.6 Å². The lowest BCUT2D eigenvalue weighted by molar-refractivity contribution is -0.137. The van der Waals surface area contributed by atoms with Gasteiger partial charge in [0.05, 0.1) is 0 Å². The molecule has 23 heavy (non-hydrogen) atoms. The van der Waals surface area contributed by atoms with E-state index in [-0.39, 0.29) is 11.4 Å². The minimum Gasteiger partial charge on any atom is -0.342 e. The molecule has 5 heteroatoms. The smallest absolute Gasteiger partial charge is 0.225 e. The molecule has 3 heterocycles. The number of aromatic nitrogens is 1. The lowest BCUT2D eigenvalue weighted by atomic mass is 9.84. The van der Waals surface area contributed by atoms with E-state index in [1.165, 1.54) is 0 Å². The minimum atomic E-state index is -0.0410. The first-order chi connectivity index (χ1) is 11.2. The summed E-state index contributed by atoms with van der Waals surface area (Å²) in [6, 6.07) is 3.95. The molecule has 1 aromatic heterocycles. The number of carbonyl (C=O) groups is 2. The zero-order chi connectivity index (χ0) is 15.9. The SMILES string of the molecule is O=C(C1CC1)N1CCC2(CCC(=O)N2Cc2ccncc2)CC1. The Hall–Kier alpha value is -1.91. The highest BCUT2D eigenvalue weighted by atomic mass is 16.2. The molecule has 122 valence electrons. The average Bonchev–Trinajstić information content (AvgIpc) is 3.39. The fourth-order valence-corrected chi connectivity index (χ4v) is 4.05. The first-order valence-corrected chi connectivity index (χ1v) is 8.66. The number of hydrogen-bond acceptors (Lipinski definition) is 3. The van der Waals surface area contributed by atoms with Gasteiger partial charge in [0, 0.05) is 49.9 Å². The van der Waals surface area contributed by atoms with Crippen LogP contribution in [0, 0.1) is 5.92 Å². The van der Waals surface area contributed by atoms with Crippen molar-refractivity contribution < 1.29 is 9.59 Å². The number of rotatable bonds is 3. The maximum atomic E-state index is 12.4. The van der Waals surface area contributed by atoms with Crippen molar-refractivity contribution in [1.82, 2.24) is 14.8 Å². The second kappa shape index (κ2) is 5.62. The molecule has 0 unspecified atom stereocenters. The predicted molar refractivity (Wildman–Crippen MR) is 85.3 cm³/mol. The van der Waals surface area contributed by atoms with Gasteiger partial charge in [0.2, 0.25) is 11.8 Å². The first-order valence-electron chi connectivity index (χ1n) is 8.66. The fraction of sp³-hybridized carbons (Fsp3) is 0.611. The number of hydrogen-bond donors (Lipinski definition) is 0. The van der Waals surface area contributed by atoms with E-state index >= 15 is 0 Å². The third-order valence-corrected chi connectivity index (χ3v) is 5.70. The molecule has 2 amide bonds. The van der Waals surface area contributed by atoms with Gasteiger partial charge in [-0.1, -0.05) is 0 Å². The summed E-state index contributed by atoms with van der Waals surface area (Å²) in [7, 11) is 0. The molecule has 0 bridgehead atoms. The van der Waals surface area contributed by atoms with E-state index < -0.39 is 0 Å². The first kappa shape index (κ1) is 14.7. The Balaban J connectivity index is 1.46. The highest BCUT2D eigenvalue weighted by Crippen LogP contribution is 2.41. The van der Waals surface area contributed by atoms with Crippen molar-refractivity contribution in [3.63, 3.8) is 0 Å². The molecule has 1 aliphatic carbocycles. The standard InChI is InChI=1S/C18H23N3O2/c22-16-3-6-18(21(16)13-14-4-9-19-10-5-14)7-11-20(12-8-18)17(23)15-1-2-15/h4-5,9-10,15H,1-3,6-8,11-13H2. The van der Waals surface area contributed by atoms with Crippen molar-refractivity contribution in [3.05, 3.63) is 30.1 Å². The maximum Gasteiger partial charge on any atom is 0.225 e. The molecule has 4 rings (SSSR count). The summed E-state index contributed by atoms with van der Waals surface area (Å²) in [5.41, 5.74) is 1.09. The molecule has 0 N–H and O–H groups in total. The number of piperidine rings is 1. The molecule has 0 radical (unpaired) electrons. The zero-order valence-corrected chi connectivity index (χ0v) is 13.4. The summed E-state index contributed by atoms with van der Waals surface area (Å²) in [4.78, 5) is 32.8. The second-order valence-electron chi connectivity index (χ2n) is 7.16. The normalized spacial score (nSPS) is 23.6. The van der Waals surface area contributed by atoms with Crippen molar-refractivity contribution in [2.24, 2.45) is 5.92 Å². The summed E-state index contributed by atoms with van der Waals surface area (Å²) in [6.45, 7) is 2.27. The molecule has 2 saturated heterocycles. The van der Waals surface area contributed by atoms with E-state index in [1.54, 1.807) is 12.4 Å². The molecule has 1 saturated carbocycles. The van der Waals surface area contributed by atoms with Gasteiger partial charge in [-0.25, -0.2) is 0 Å². The van der Waals surface area contributed by atoms with Crippen LogP contribution in [0.1, 0.15) is 44.1 Å².